The molecule has 0 fully saturated rings. The van der Waals surface area contributed by atoms with Crippen LogP contribution in [0, 0.1) is 5.92 Å². The van der Waals surface area contributed by atoms with Gasteiger partial charge in [-0.2, -0.15) is 0 Å². The standard InChI is InChI=1S/C15H29N/c1-7-8-9-10-13(2)14(3)11-12-15(4)16(5)6/h11-13H,7-10H2,1-6H3/b14-11+,15-12+. The quantitative estimate of drug-likeness (QED) is 0.450. The highest BCUT2D eigenvalue weighted by Crippen LogP contribution is 2.18. The van der Waals surface area contributed by atoms with Gasteiger partial charge in [0.15, 0.2) is 0 Å². The third kappa shape index (κ3) is 6.71. The number of hydrogen-bond donors (Lipinski definition) is 0. The van der Waals surface area contributed by atoms with Crippen molar-refractivity contribution >= 4 is 0 Å². The molecule has 0 saturated heterocycles. The summed E-state index contributed by atoms with van der Waals surface area (Å²) in [7, 11) is 4.17. The number of hydrogen-bond acceptors (Lipinski definition) is 1. The van der Waals surface area contributed by atoms with Gasteiger partial charge in [0.2, 0.25) is 0 Å². The Morgan fingerprint density at radius 2 is 1.75 bits per heavy atom. The van der Waals surface area contributed by atoms with Crippen LogP contribution in [0.1, 0.15) is 53.4 Å². The van der Waals surface area contributed by atoms with Crippen LogP contribution in [-0.2, 0) is 0 Å². The minimum absolute atomic E-state index is 0.720. The molecule has 1 heteroatoms. The van der Waals surface area contributed by atoms with E-state index < -0.39 is 0 Å². The third-order valence-electron chi connectivity index (χ3n) is 3.31. The second kappa shape index (κ2) is 8.43. The van der Waals surface area contributed by atoms with E-state index in [-0.39, 0.29) is 0 Å². The zero-order valence-electron chi connectivity index (χ0n) is 12.0. The number of nitrogens with zero attached hydrogens (tertiary/aromatic N) is 1. The van der Waals surface area contributed by atoms with Crippen molar-refractivity contribution in [3.05, 3.63) is 23.4 Å². The van der Waals surface area contributed by atoms with E-state index >= 15 is 0 Å². The Morgan fingerprint density at radius 3 is 2.25 bits per heavy atom. The van der Waals surface area contributed by atoms with E-state index in [9.17, 15) is 0 Å². The first-order valence-corrected chi connectivity index (χ1v) is 6.51. The molecule has 0 N–H and O–H groups in total. The SMILES string of the molecule is CCCCCC(C)/C(C)=C/C=C(\C)N(C)C. The third-order valence-corrected chi connectivity index (χ3v) is 3.31. The molecule has 0 bridgehead atoms. The summed E-state index contributed by atoms with van der Waals surface area (Å²) >= 11 is 0. The molecule has 0 spiro atoms. The van der Waals surface area contributed by atoms with Crippen LogP contribution < -0.4 is 0 Å². The molecule has 94 valence electrons. The van der Waals surface area contributed by atoms with Crippen molar-refractivity contribution in [1.82, 2.24) is 4.90 Å². The predicted molar refractivity (Wildman–Crippen MR) is 74.5 cm³/mol. The molecule has 0 heterocycles. The second-order valence-electron chi connectivity index (χ2n) is 5.01. The molecule has 0 rings (SSSR count). The van der Waals surface area contributed by atoms with Gasteiger partial charge in [0.1, 0.15) is 0 Å². The molecule has 0 aliphatic carbocycles. The van der Waals surface area contributed by atoms with E-state index in [1.807, 2.05) is 0 Å². The van der Waals surface area contributed by atoms with E-state index in [0.717, 1.165) is 5.92 Å². The van der Waals surface area contributed by atoms with E-state index in [0.29, 0.717) is 0 Å². The first-order chi connectivity index (χ1) is 7.49. The van der Waals surface area contributed by atoms with Gasteiger partial charge in [-0.3, -0.25) is 0 Å². The molecule has 0 aliphatic rings. The molecule has 0 radical (unpaired) electrons. The summed E-state index contributed by atoms with van der Waals surface area (Å²) < 4.78 is 0. The molecule has 1 unspecified atom stereocenters. The molecular formula is C15H29N. The lowest BCUT2D eigenvalue weighted by Crippen LogP contribution is -2.07. The van der Waals surface area contributed by atoms with Gasteiger partial charge in [0, 0.05) is 19.8 Å². The van der Waals surface area contributed by atoms with Gasteiger partial charge in [-0.15, -0.1) is 0 Å². The fraction of sp³-hybridized carbons (Fsp3) is 0.733. The van der Waals surface area contributed by atoms with E-state index in [1.54, 1.807) is 0 Å². The Morgan fingerprint density at radius 1 is 1.12 bits per heavy atom. The van der Waals surface area contributed by atoms with Gasteiger partial charge < -0.3 is 4.90 Å². The van der Waals surface area contributed by atoms with Crippen LogP contribution in [0.3, 0.4) is 0 Å². The normalized spacial score (nSPS) is 15.1. The summed E-state index contributed by atoms with van der Waals surface area (Å²) in [6.45, 7) is 8.98. The lowest BCUT2D eigenvalue weighted by Gasteiger charge is -2.13. The lowest BCUT2D eigenvalue weighted by atomic mass is 9.95. The molecule has 1 atom stereocenters. The van der Waals surface area contributed by atoms with Crippen molar-refractivity contribution in [3.63, 3.8) is 0 Å². The zero-order valence-corrected chi connectivity index (χ0v) is 12.0. The Kier molecular flexibility index (Phi) is 8.05. The van der Waals surface area contributed by atoms with Crippen LogP contribution in [0.5, 0.6) is 0 Å². The highest BCUT2D eigenvalue weighted by molar-refractivity contribution is 5.16. The van der Waals surface area contributed by atoms with Crippen molar-refractivity contribution in [2.45, 2.75) is 53.4 Å². The molecule has 0 aliphatic heterocycles. The Balaban J connectivity index is 4.15. The van der Waals surface area contributed by atoms with E-state index in [4.69, 9.17) is 0 Å². The van der Waals surface area contributed by atoms with E-state index in [1.165, 1.54) is 37.0 Å². The first kappa shape index (κ1) is 15.3. The summed E-state index contributed by atoms with van der Waals surface area (Å²) in [5.41, 5.74) is 2.80. The van der Waals surface area contributed by atoms with Crippen LogP contribution >= 0.6 is 0 Å². The van der Waals surface area contributed by atoms with Crippen LogP contribution in [0.15, 0.2) is 23.4 Å². The number of unbranched alkanes of at least 4 members (excludes halogenated alkanes) is 2. The Bertz CT molecular complexity index is 236. The van der Waals surface area contributed by atoms with Crippen molar-refractivity contribution in [1.29, 1.82) is 0 Å². The molecule has 16 heavy (non-hydrogen) atoms. The topological polar surface area (TPSA) is 3.24 Å². The Labute approximate surface area is 102 Å². The maximum absolute atomic E-state index is 2.33. The highest BCUT2D eigenvalue weighted by Gasteiger charge is 2.02. The monoisotopic (exact) mass is 223 g/mol. The van der Waals surface area contributed by atoms with Crippen LogP contribution in [-0.4, -0.2) is 19.0 Å². The minimum atomic E-state index is 0.720. The van der Waals surface area contributed by atoms with Crippen LogP contribution in [0.25, 0.3) is 0 Å². The van der Waals surface area contributed by atoms with Gasteiger partial charge in [-0.1, -0.05) is 44.8 Å². The highest BCUT2D eigenvalue weighted by atomic mass is 15.1. The van der Waals surface area contributed by atoms with Crippen LogP contribution in [0.4, 0.5) is 0 Å². The summed E-state index contributed by atoms with van der Waals surface area (Å²) in [5, 5.41) is 0. The maximum Gasteiger partial charge on any atom is 0.00958 e. The van der Waals surface area contributed by atoms with Gasteiger partial charge in [0.05, 0.1) is 0 Å². The molecule has 0 aromatic heterocycles. The van der Waals surface area contributed by atoms with Crippen LogP contribution in [0.2, 0.25) is 0 Å². The molecule has 0 aromatic carbocycles. The van der Waals surface area contributed by atoms with Crippen molar-refractivity contribution in [2.24, 2.45) is 5.92 Å². The van der Waals surface area contributed by atoms with Gasteiger partial charge >= 0.3 is 0 Å². The van der Waals surface area contributed by atoms with Gasteiger partial charge in [0.25, 0.3) is 0 Å². The summed E-state index contributed by atoms with van der Waals surface area (Å²) in [4.78, 5) is 2.14. The number of rotatable bonds is 7. The molecule has 0 saturated carbocycles. The van der Waals surface area contributed by atoms with Crippen molar-refractivity contribution in [3.8, 4) is 0 Å². The molecule has 1 nitrogen and oxygen atoms in total. The smallest absolute Gasteiger partial charge is 0.00958 e. The van der Waals surface area contributed by atoms with E-state index in [2.05, 4.69) is 58.8 Å². The fourth-order valence-electron chi connectivity index (χ4n) is 1.49. The predicted octanol–water partition coefficient (Wildman–Crippen LogP) is 4.61. The second-order valence-corrected chi connectivity index (χ2v) is 5.01. The Hall–Kier alpha value is -0.720. The first-order valence-electron chi connectivity index (χ1n) is 6.51. The zero-order chi connectivity index (χ0) is 12.6. The fourth-order valence-corrected chi connectivity index (χ4v) is 1.49. The van der Waals surface area contributed by atoms with Crippen molar-refractivity contribution < 1.29 is 0 Å². The summed E-state index contributed by atoms with van der Waals surface area (Å²) in [6.07, 6.45) is 9.85. The summed E-state index contributed by atoms with van der Waals surface area (Å²) in [6, 6.07) is 0. The molecule has 0 aromatic rings. The molecular weight excluding hydrogens is 194 g/mol. The summed E-state index contributed by atoms with van der Waals surface area (Å²) in [5.74, 6) is 0.720. The average Bonchev–Trinajstić information content (AvgIpc) is 2.25. The maximum atomic E-state index is 2.33. The number of allylic oxidation sites excluding steroid dienone is 4. The average molecular weight is 223 g/mol. The largest absolute Gasteiger partial charge is 0.381 e. The van der Waals surface area contributed by atoms with Crippen molar-refractivity contribution in [2.75, 3.05) is 14.1 Å². The minimum Gasteiger partial charge on any atom is -0.381 e. The van der Waals surface area contributed by atoms with Gasteiger partial charge in [-0.05, 0) is 32.3 Å². The van der Waals surface area contributed by atoms with Gasteiger partial charge in [-0.25, -0.2) is 0 Å². The molecule has 0 amide bonds. The lowest BCUT2D eigenvalue weighted by molar-refractivity contribution is 0.513.